The molecule has 20 heavy (non-hydrogen) atoms. The normalized spacial score (nSPS) is 35.6. The third kappa shape index (κ3) is 3.72. The standard InChI is InChI=1S/C16H29N3O/c1-3-8-18-16(13-17)7-5-6-14(11-16)19-9-10-20-15(4-2)12-19/h14-15,18H,3-12H2,1-2H3. The Morgan fingerprint density at radius 2 is 2.30 bits per heavy atom. The molecule has 2 rings (SSSR count). The molecule has 4 nitrogen and oxygen atoms in total. The lowest BCUT2D eigenvalue weighted by Crippen LogP contribution is -2.55. The fourth-order valence-corrected chi connectivity index (χ4v) is 3.54. The Bertz CT molecular complexity index is 341. The van der Waals surface area contributed by atoms with Gasteiger partial charge in [0.05, 0.1) is 18.8 Å². The van der Waals surface area contributed by atoms with Crippen molar-refractivity contribution in [2.45, 2.75) is 70.1 Å². The second kappa shape index (κ2) is 7.40. The molecule has 2 aliphatic rings. The molecule has 2 fully saturated rings. The summed E-state index contributed by atoms with van der Waals surface area (Å²) in [5.41, 5.74) is -0.293. The first-order valence-corrected chi connectivity index (χ1v) is 8.25. The van der Waals surface area contributed by atoms with E-state index in [1.165, 1.54) is 6.42 Å². The van der Waals surface area contributed by atoms with E-state index in [9.17, 15) is 5.26 Å². The molecule has 0 bridgehead atoms. The Labute approximate surface area is 123 Å². The Hall–Kier alpha value is -0.630. The van der Waals surface area contributed by atoms with Gasteiger partial charge in [-0.05, 0) is 45.1 Å². The highest BCUT2D eigenvalue weighted by atomic mass is 16.5. The first-order chi connectivity index (χ1) is 9.73. The second-order valence-electron chi connectivity index (χ2n) is 6.27. The number of nitrogens with one attached hydrogen (secondary N) is 1. The zero-order chi connectivity index (χ0) is 14.4. The highest BCUT2D eigenvalue weighted by Gasteiger charge is 2.39. The minimum atomic E-state index is -0.293. The molecular weight excluding hydrogens is 250 g/mol. The van der Waals surface area contributed by atoms with Gasteiger partial charge in [0.25, 0.3) is 0 Å². The highest BCUT2D eigenvalue weighted by molar-refractivity contribution is 5.11. The van der Waals surface area contributed by atoms with Gasteiger partial charge in [-0.1, -0.05) is 13.8 Å². The summed E-state index contributed by atoms with van der Waals surface area (Å²) in [6.45, 7) is 8.20. The van der Waals surface area contributed by atoms with Gasteiger partial charge in [0.2, 0.25) is 0 Å². The van der Waals surface area contributed by atoms with Gasteiger partial charge in [-0.2, -0.15) is 5.26 Å². The monoisotopic (exact) mass is 279 g/mol. The average molecular weight is 279 g/mol. The molecule has 0 radical (unpaired) electrons. The third-order valence-electron chi connectivity index (χ3n) is 4.79. The van der Waals surface area contributed by atoms with E-state index in [1.807, 2.05) is 0 Å². The number of ether oxygens (including phenoxy) is 1. The van der Waals surface area contributed by atoms with E-state index in [-0.39, 0.29) is 5.54 Å². The van der Waals surface area contributed by atoms with E-state index in [0.29, 0.717) is 12.1 Å². The van der Waals surface area contributed by atoms with Gasteiger partial charge >= 0.3 is 0 Å². The van der Waals surface area contributed by atoms with E-state index in [4.69, 9.17) is 4.74 Å². The van der Waals surface area contributed by atoms with Gasteiger partial charge in [0.15, 0.2) is 0 Å². The minimum absolute atomic E-state index is 0.293. The van der Waals surface area contributed by atoms with E-state index in [0.717, 1.165) is 58.3 Å². The van der Waals surface area contributed by atoms with Crippen molar-refractivity contribution in [1.29, 1.82) is 5.26 Å². The number of hydrogen-bond acceptors (Lipinski definition) is 4. The molecule has 1 aliphatic heterocycles. The van der Waals surface area contributed by atoms with Crippen LogP contribution in [0.5, 0.6) is 0 Å². The van der Waals surface area contributed by atoms with Crippen LogP contribution in [-0.4, -0.2) is 48.8 Å². The lowest BCUT2D eigenvalue weighted by Gasteiger charge is -2.44. The van der Waals surface area contributed by atoms with Crippen molar-refractivity contribution in [2.75, 3.05) is 26.2 Å². The molecule has 0 aromatic carbocycles. The number of morpholine rings is 1. The Kier molecular flexibility index (Phi) is 5.83. The topological polar surface area (TPSA) is 48.3 Å². The second-order valence-corrected chi connectivity index (χ2v) is 6.27. The predicted molar refractivity (Wildman–Crippen MR) is 80.5 cm³/mol. The molecule has 0 amide bonds. The molecule has 3 unspecified atom stereocenters. The van der Waals surface area contributed by atoms with Crippen LogP contribution >= 0.6 is 0 Å². The van der Waals surface area contributed by atoms with E-state index >= 15 is 0 Å². The van der Waals surface area contributed by atoms with Gasteiger partial charge in [-0.15, -0.1) is 0 Å². The van der Waals surface area contributed by atoms with E-state index in [1.54, 1.807) is 0 Å². The fourth-order valence-electron chi connectivity index (χ4n) is 3.54. The molecule has 1 heterocycles. The van der Waals surface area contributed by atoms with Crippen molar-refractivity contribution in [2.24, 2.45) is 0 Å². The summed E-state index contributed by atoms with van der Waals surface area (Å²) in [6, 6.07) is 3.12. The quantitative estimate of drug-likeness (QED) is 0.839. The van der Waals surface area contributed by atoms with Crippen molar-refractivity contribution in [3.8, 4) is 6.07 Å². The van der Waals surface area contributed by atoms with Crippen LogP contribution in [0.15, 0.2) is 0 Å². The number of hydrogen-bond donors (Lipinski definition) is 1. The van der Waals surface area contributed by atoms with Gasteiger partial charge in [0.1, 0.15) is 5.54 Å². The minimum Gasteiger partial charge on any atom is -0.376 e. The van der Waals surface area contributed by atoms with Crippen LogP contribution in [0.25, 0.3) is 0 Å². The molecule has 3 atom stereocenters. The van der Waals surface area contributed by atoms with Crippen LogP contribution in [0, 0.1) is 11.3 Å². The predicted octanol–water partition coefficient (Wildman–Crippen LogP) is 2.30. The van der Waals surface area contributed by atoms with Crippen LogP contribution in [0.3, 0.4) is 0 Å². The Morgan fingerprint density at radius 3 is 3.00 bits per heavy atom. The molecular formula is C16H29N3O. The molecule has 0 spiro atoms. The van der Waals surface area contributed by atoms with E-state index in [2.05, 4.69) is 30.1 Å². The van der Waals surface area contributed by atoms with Crippen LogP contribution < -0.4 is 5.32 Å². The maximum absolute atomic E-state index is 9.63. The highest BCUT2D eigenvalue weighted by Crippen LogP contribution is 2.32. The Balaban J connectivity index is 1.96. The molecule has 1 N–H and O–H groups in total. The van der Waals surface area contributed by atoms with Crippen molar-refractivity contribution < 1.29 is 4.74 Å². The van der Waals surface area contributed by atoms with Crippen molar-refractivity contribution in [1.82, 2.24) is 10.2 Å². The zero-order valence-corrected chi connectivity index (χ0v) is 13.0. The van der Waals surface area contributed by atoms with Crippen LogP contribution in [0.1, 0.15) is 52.4 Å². The lowest BCUT2D eigenvalue weighted by atomic mass is 9.79. The molecule has 1 aliphatic carbocycles. The molecule has 114 valence electrons. The number of nitriles is 1. The van der Waals surface area contributed by atoms with Crippen LogP contribution in [0.2, 0.25) is 0 Å². The van der Waals surface area contributed by atoms with E-state index < -0.39 is 0 Å². The fraction of sp³-hybridized carbons (Fsp3) is 0.938. The van der Waals surface area contributed by atoms with Gasteiger partial charge in [-0.25, -0.2) is 0 Å². The van der Waals surface area contributed by atoms with Crippen LogP contribution in [-0.2, 0) is 4.74 Å². The lowest BCUT2D eigenvalue weighted by molar-refractivity contribution is -0.0529. The molecule has 1 saturated heterocycles. The first-order valence-electron chi connectivity index (χ1n) is 8.25. The van der Waals surface area contributed by atoms with Crippen molar-refractivity contribution >= 4 is 0 Å². The maximum atomic E-state index is 9.63. The summed E-state index contributed by atoms with van der Waals surface area (Å²) in [5.74, 6) is 0. The molecule has 0 aromatic heterocycles. The number of rotatable bonds is 5. The smallest absolute Gasteiger partial charge is 0.108 e. The average Bonchev–Trinajstić information content (AvgIpc) is 2.53. The van der Waals surface area contributed by atoms with Crippen molar-refractivity contribution in [3.05, 3.63) is 0 Å². The zero-order valence-electron chi connectivity index (χ0n) is 13.0. The first kappa shape index (κ1) is 15.8. The summed E-state index contributed by atoms with van der Waals surface area (Å²) in [7, 11) is 0. The summed E-state index contributed by atoms with van der Waals surface area (Å²) in [6.07, 6.45) is 6.91. The molecule has 1 saturated carbocycles. The molecule has 4 heteroatoms. The molecule has 0 aromatic rings. The Morgan fingerprint density at radius 1 is 1.45 bits per heavy atom. The van der Waals surface area contributed by atoms with Gasteiger partial charge in [-0.3, -0.25) is 10.2 Å². The van der Waals surface area contributed by atoms with Crippen LogP contribution in [0.4, 0.5) is 0 Å². The summed E-state index contributed by atoms with van der Waals surface area (Å²) >= 11 is 0. The maximum Gasteiger partial charge on any atom is 0.108 e. The van der Waals surface area contributed by atoms with Gasteiger partial charge in [0, 0.05) is 19.1 Å². The summed E-state index contributed by atoms with van der Waals surface area (Å²) in [4.78, 5) is 2.57. The van der Waals surface area contributed by atoms with Crippen molar-refractivity contribution in [3.63, 3.8) is 0 Å². The largest absolute Gasteiger partial charge is 0.376 e. The SMILES string of the molecule is CCCNC1(C#N)CCCC(N2CCOC(CC)C2)C1. The summed E-state index contributed by atoms with van der Waals surface area (Å²) in [5, 5.41) is 13.1. The third-order valence-corrected chi connectivity index (χ3v) is 4.79. The van der Waals surface area contributed by atoms with Gasteiger partial charge < -0.3 is 4.74 Å². The number of nitrogens with zero attached hydrogens (tertiary/aromatic N) is 2. The summed E-state index contributed by atoms with van der Waals surface area (Å²) < 4.78 is 5.77.